The van der Waals surface area contributed by atoms with Crippen LogP contribution in [-0.4, -0.2) is 35.6 Å². The highest BCUT2D eigenvalue weighted by Crippen LogP contribution is 2.05. The van der Waals surface area contributed by atoms with E-state index in [-0.39, 0.29) is 19.0 Å². The third kappa shape index (κ3) is 6.62. The molecular formula is C14H22ClNO2. The lowest BCUT2D eigenvalue weighted by molar-refractivity contribution is -0.138. The van der Waals surface area contributed by atoms with Crippen LogP contribution in [0.15, 0.2) is 24.3 Å². The molecule has 0 bridgehead atoms. The van der Waals surface area contributed by atoms with Crippen molar-refractivity contribution >= 4 is 18.4 Å². The molecule has 0 aliphatic carbocycles. The smallest absolute Gasteiger partial charge is 0.317 e. The molecule has 1 rings (SSSR count). The summed E-state index contributed by atoms with van der Waals surface area (Å²) in [5, 5.41) is 8.80. The zero-order chi connectivity index (χ0) is 12.7. The largest absolute Gasteiger partial charge is 0.480 e. The van der Waals surface area contributed by atoms with Gasteiger partial charge < -0.3 is 5.11 Å². The molecule has 18 heavy (non-hydrogen) atoms. The average molecular weight is 272 g/mol. The maximum absolute atomic E-state index is 10.7. The van der Waals surface area contributed by atoms with Crippen molar-refractivity contribution in [2.75, 3.05) is 19.6 Å². The normalized spacial score (nSPS) is 10.2. The quantitative estimate of drug-likeness (QED) is 0.829. The molecule has 0 aliphatic rings. The van der Waals surface area contributed by atoms with E-state index >= 15 is 0 Å². The number of halogens is 1. The van der Waals surface area contributed by atoms with Gasteiger partial charge in [0.15, 0.2) is 0 Å². The van der Waals surface area contributed by atoms with Gasteiger partial charge in [0, 0.05) is 6.54 Å². The molecule has 0 amide bonds. The van der Waals surface area contributed by atoms with Crippen molar-refractivity contribution in [2.45, 2.75) is 26.7 Å². The first-order valence-electron chi connectivity index (χ1n) is 6.11. The molecule has 3 nitrogen and oxygen atoms in total. The van der Waals surface area contributed by atoms with E-state index in [1.54, 1.807) is 0 Å². The summed E-state index contributed by atoms with van der Waals surface area (Å²) >= 11 is 0. The molecule has 102 valence electrons. The van der Waals surface area contributed by atoms with Gasteiger partial charge in [-0.25, -0.2) is 0 Å². The number of carboxylic acid groups (broad SMARTS) is 1. The molecule has 0 saturated heterocycles. The van der Waals surface area contributed by atoms with E-state index in [9.17, 15) is 4.79 Å². The molecule has 0 aromatic heterocycles. The minimum Gasteiger partial charge on any atom is -0.480 e. The second kappa shape index (κ2) is 8.95. The van der Waals surface area contributed by atoms with Gasteiger partial charge in [-0.05, 0) is 31.9 Å². The SMILES string of the molecule is CCCN(CCc1ccc(C)cc1)CC(=O)O.Cl. The van der Waals surface area contributed by atoms with Crippen LogP contribution in [0, 0.1) is 6.92 Å². The molecule has 4 heteroatoms. The minimum atomic E-state index is -0.748. The van der Waals surface area contributed by atoms with Crippen LogP contribution in [0.4, 0.5) is 0 Å². The Bertz CT molecular complexity index is 351. The Labute approximate surface area is 115 Å². The number of carboxylic acids is 1. The van der Waals surface area contributed by atoms with E-state index in [0.29, 0.717) is 0 Å². The van der Waals surface area contributed by atoms with Crippen molar-refractivity contribution in [3.05, 3.63) is 35.4 Å². The molecule has 1 aromatic rings. The predicted molar refractivity (Wildman–Crippen MR) is 76.5 cm³/mol. The van der Waals surface area contributed by atoms with Crippen LogP contribution >= 0.6 is 12.4 Å². The predicted octanol–water partition coefficient (Wildman–Crippen LogP) is 2.76. The summed E-state index contributed by atoms with van der Waals surface area (Å²) in [5.74, 6) is -0.748. The number of aliphatic carboxylic acids is 1. The van der Waals surface area contributed by atoms with Gasteiger partial charge in [0.2, 0.25) is 0 Å². The van der Waals surface area contributed by atoms with Gasteiger partial charge in [0.25, 0.3) is 0 Å². The van der Waals surface area contributed by atoms with Crippen LogP contribution in [0.1, 0.15) is 24.5 Å². The van der Waals surface area contributed by atoms with Crippen molar-refractivity contribution in [2.24, 2.45) is 0 Å². The third-order valence-electron chi connectivity index (χ3n) is 2.74. The number of carbonyl (C=O) groups is 1. The van der Waals surface area contributed by atoms with Crippen molar-refractivity contribution in [3.63, 3.8) is 0 Å². The fraction of sp³-hybridized carbons (Fsp3) is 0.500. The maximum Gasteiger partial charge on any atom is 0.317 e. The molecule has 1 aromatic carbocycles. The molecule has 0 unspecified atom stereocenters. The molecular weight excluding hydrogens is 250 g/mol. The maximum atomic E-state index is 10.7. The highest BCUT2D eigenvalue weighted by Gasteiger charge is 2.08. The van der Waals surface area contributed by atoms with Crippen LogP contribution in [-0.2, 0) is 11.2 Å². The number of benzene rings is 1. The highest BCUT2D eigenvalue weighted by atomic mass is 35.5. The molecule has 0 aliphatic heterocycles. The van der Waals surface area contributed by atoms with Crippen LogP contribution < -0.4 is 0 Å². The third-order valence-corrected chi connectivity index (χ3v) is 2.74. The monoisotopic (exact) mass is 271 g/mol. The van der Waals surface area contributed by atoms with Crippen molar-refractivity contribution in [1.82, 2.24) is 4.90 Å². The molecule has 0 radical (unpaired) electrons. The Kier molecular flexibility index (Phi) is 8.42. The Morgan fingerprint density at radius 2 is 1.83 bits per heavy atom. The zero-order valence-electron chi connectivity index (χ0n) is 11.1. The van der Waals surface area contributed by atoms with E-state index in [1.165, 1.54) is 11.1 Å². The average Bonchev–Trinajstić information content (AvgIpc) is 2.27. The summed E-state index contributed by atoms with van der Waals surface area (Å²) in [7, 11) is 0. The lowest BCUT2D eigenvalue weighted by atomic mass is 10.1. The van der Waals surface area contributed by atoms with E-state index in [4.69, 9.17) is 5.11 Å². The van der Waals surface area contributed by atoms with Gasteiger partial charge in [-0.3, -0.25) is 9.69 Å². The zero-order valence-corrected chi connectivity index (χ0v) is 11.9. The Morgan fingerprint density at radius 3 is 2.33 bits per heavy atom. The second-order valence-electron chi connectivity index (χ2n) is 4.41. The summed E-state index contributed by atoms with van der Waals surface area (Å²) < 4.78 is 0. The summed E-state index contributed by atoms with van der Waals surface area (Å²) in [6.07, 6.45) is 1.90. The molecule has 0 atom stereocenters. The summed E-state index contributed by atoms with van der Waals surface area (Å²) in [4.78, 5) is 12.7. The van der Waals surface area contributed by atoms with E-state index < -0.39 is 5.97 Å². The van der Waals surface area contributed by atoms with Crippen molar-refractivity contribution in [1.29, 1.82) is 0 Å². The fourth-order valence-electron chi connectivity index (χ4n) is 1.82. The Balaban J connectivity index is 0.00000289. The van der Waals surface area contributed by atoms with Crippen LogP contribution in [0.5, 0.6) is 0 Å². The van der Waals surface area contributed by atoms with Crippen molar-refractivity contribution in [3.8, 4) is 0 Å². The van der Waals surface area contributed by atoms with Gasteiger partial charge in [-0.2, -0.15) is 0 Å². The molecule has 0 fully saturated rings. The molecule has 1 N–H and O–H groups in total. The number of rotatable bonds is 7. The molecule has 0 heterocycles. The van der Waals surface area contributed by atoms with Crippen LogP contribution in [0.2, 0.25) is 0 Å². The van der Waals surface area contributed by atoms with Gasteiger partial charge in [-0.1, -0.05) is 36.8 Å². The van der Waals surface area contributed by atoms with Crippen LogP contribution in [0.3, 0.4) is 0 Å². The van der Waals surface area contributed by atoms with Crippen LogP contribution in [0.25, 0.3) is 0 Å². The highest BCUT2D eigenvalue weighted by molar-refractivity contribution is 5.85. The summed E-state index contributed by atoms with van der Waals surface area (Å²) in [5.41, 5.74) is 2.52. The summed E-state index contributed by atoms with van der Waals surface area (Å²) in [6.45, 7) is 5.93. The Hall–Kier alpha value is -1.06. The van der Waals surface area contributed by atoms with E-state index in [1.807, 2.05) is 4.90 Å². The van der Waals surface area contributed by atoms with E-state index in [0.717, 1.165) is 25.9 Å². The topological polar surface area (TPSA) is 40.5 Å². The number of aryl methyl sites for hydroxylation is 1. The van der Waals surface area contributed by atoms with Gasteiger partial charge in [0.1, 0.15) is 0 Å². The minimum absolute atomic E-state index is 0. The number of nitrogens with zero attached hydrogens (tertiary/aromatic N) is 1. The summed E-state index contributed by atoms with van der Waals surface area (Å²) in [6, 6.07) is 8.41. The Morgan fingerprint density at radius 1 is 1.22 bits per heavy atom. The van der Waals surface area contributed by atoms with E-state index in [2.05, 4.69) is 38.1 Å². The fourth-order valence-corrected chi connectivity index (χ4v) is 1.82. The van der Waals surface area contributed by atoms with Crippen molar-refractivity contribution < 1.29 is 9.90 Å². The van der Waals surface area contributed by atoms with Gasteiger partial charge >= 0.3 is 5.97 Å². The lowest BCUT2D eigenvalue weighted by Gasteiger charge is -2.19. The second-order valence-corrected chi connectivity index (χ2v) is 4.41. The number of hydrogen-bond donors (Lipinski definition) is 1. The molecule has 0 saturated carbocycles. The molecule has 0 spiro atoms. The standard InChI is InChI=1S/C14H21NO2.ClH/c1-3-9-15(11-14(16)17)10-8-13-6-4-12(2)5-7-13;/h4-7H,3,8-11H2,1-2H3,(H,16,17);1H. The lowest BCUT2D eigenvalue weighted by Crippen LogP contribution is -2.32. The number of hydrogen-bond acceptors (Lipinski definition) is 2. The van der Waals surface area contributed by atoms with Gasteiger partial charge in [0.05, 0.1) is 6.54 Å². The van der Waals surface area contributed by atoms with Gasteiger partial charge in [-0.15, -0.1) is 12.4 Å². The first-order valence-corrected chi connectivity index (χ1v) is 6.11. The first kappa shape index (κ1) is 16.9. The first-order chi connectivity index (χ1) is 8.11.